The van der Waals surface area contributed by atoms with E-state index in [9.17, 15) is 52.7 Å². The summed E-state index contributed by atoms with van der Waals surface area (Å²) in [7, 11) is 1.72. The summed E-state index contributed by atoms with van der Waals surface area (Å²) in [6, 6.07) is 0. The third kappa shape index (κ3) is 2.51. The van der Waals surface area contributed by atoms with Crippen LogP contribution in [-0.2, 0) is 18.9 Å². The van der Waals surface area contributed by atoms with Crippen molar-refractivity contribution in [1.82, 2.24) is 0 Å². The van der Waals surface area contributed by atoms with Gasteiger partial charge < -0.3 is 29.2 Å². The molecule has 0 amide bonds. The first kappa shape index (κ1) is 27.5. The predicted molar refractivity (Wildman–Crippen MR) is 80.1 cm³/mol. The highest BCUT2D eigenvalue weighted by molar-refractivity contribution is 5.28. The highest BCUT2D eigenvalue weighted by Crippen LogP contribution is 2.71. The smallest absolute Gasteiger partial charge is 0.375 e. The molecule has 0 spiro atoms. The lowest BCUT2D eigenvalue weighted by molar-refractivity contribution is -0.405. The van der Waals surface area contributed by atoms with Crippen molar-refractivity contribution in [1.29, 1.82) is 0 Å². The van der Waals surface area contributed by atoms with E-state index in [1.165, 1.54) is 0 Å². The average molecular weight is 532 g/mol. The minimum atomic E-state index is -5.60. The Balaban J connectivity index is 0.000000191. The number of hydrogen-bond donors (Lipinski definition) is 2. The molecule has 0 radical (unpaired) electrons. The molecule has 2 saturated carbocycles. The van der Waals surface area contributed by atoms with Crippen molar-refractivity contribution in [2.75, 3.05) is 27.4 Å². The van der Waals surface area contributed by atoms with Crippen molar-refractivity contribution in [2.24, 2.45) is 11.8 Å². The van der Waals surface area contributed by atoms with Crippen LogP contribution < -0.4 is 0 Å². The van der Waals surface area contributed by atoms with Crippen LogP contribution in [-0.4, -0.2) is 97.0 Å². The summed E-state index contributed by atoms with van der Waals surface area (Å²) >= 11 is 0. The first-order chi connectivity index (χ1) is 15.2. The molecule has 2 aliphatic heterocycles. The van der Waals surface area contributed by atoms with Gasteiger partial charge in [0, 0.05) is 14.2 Å². The van der Waals surface area contributed by atoms with Gasteiger partial charge in [-0.1, -0.05) is 0 Å². The zero-order chi connectivity index (χ0) is 26.6. The van der Waals surface area contributed by atoms with E-state index in [0.29, 0.717) is 0 Å². The van der Waals surface area contributed by atoms with E-state index in [1.807, 2.05) is 0 Å². The van der Waals surface area contributed by atoms with Crippen molar-refractivity contribution < 1.29 is 81.8 Å². The topological polar surface area (TPSA) is 77.4 Å². The van der Waals surface area contributed by atoms with Gasteiger partial charge in [-0.3, -0.25) is 0 Å². The van der Waals surface area contributed by atoms with Crippen molar-refractivity contribution in [2.45, 2.75) is 59.3 Å². The molecule has 0 aromatic heterocycles. The first-order valence-electron chi connectivity index (χ1n) is 9.10. The van der Waals surface area contributed by atoms with Crippen molar-refractivity contribution in [3.05, 3.63) is 0 Å². The SMILES string of the molecule is COC1OC2(CO)C1C(F)(F)C(F)(F)C2(F)F.COC1OC2(CO)C1C(F)(F)C(F)(F)C2(F)F. The monoisotopic (exact) mass is 532 g/mol. The summed E-state index contributed by atoms with van der Waals surface area (Å²) in [5.41, 5.74) is -6.58. The van der Waals surface area contributed by atoms with Crippen LogP contribution in [0.2, 0.25) is 0 Å². The normalized spacial score (nSPS) is 45.2. The molecule has 2 N–H and O–H groups in total. The Morgan fingerprint density at radius 3 is 1.03 bits per heavy atom. The van der Waals surface area contributed by atoms with Gasteiger partial charge in [0.1, 0.15) is 11.8 Å². The summed E-state index contributed by atoms with van der Waals surface area (Å²) in [4.78, 5) is 0. The molecule has 0 aromatic carbocycles. The van der Waals surface area contributed by atoms with Crippen LogP contribution in [0.3, 0.4) is 0 Å². The maximum Gasteiger partial charge on any atom is 0.375 e. The molecule has 6 nitrogen and oxygen atoms in total. The minimum Gasteiger partial charge on any atom is -0.393 e. The molecule has 0 bridgehead atoms. The fourth-order valence-electron chi connectivity index (χ4n) is 4.64. The predicted octanol–water partition coefficient (Wildman–Crippen LogP) is 2.51. The van der Waals surface area contributed by atoms with E-state index in [1.54, 1.807) is 0 Å². The van der Waals surface area contributed by atoms with E-state index >= 15 is 0 Å². The van der Waals surface area contributed by atoms with Crippen molar-refractivity contribution in [3.8, 4) is 0 Å². The second-order valence-corrected chi connectivity index (χ2v) is 8.04. The van der Waals surface area contributed by atoms with Gasteiger partial charge in [0.05, 0.1) is 13.2 Å². The fraction of sp³-hybridized carbons (Fsp3) is 1.00. The van der Waals surface area contributed by atoms with Crippen LogP contribution >= 0.6 is 0 Å². The molecular formula is C16H16F12O6. The third-order valence-corrected chi connectivity index (χ3v) is 6.61. The van der Waals surface area contributed by atoms with E-state index in [-0.39, 0.29) is 0 Å². The zero-order valence-electron chi connectivity index (χ0n) is 16.8. The van der Waals surface area contributed by atoms with E-state index < -0.39 is 84.4 Å². The van der Waals surface area contributed by atoms with Gasteiger partial charge in [-0.25, -0.2) is 0 Å². The van der Waals surface area contributed by atoms with Gasteiger partial charge in [-0.2, -0.15) is 52.7 Å². The van der Waals surface area contributed by atoms with Crippen LogP contribution in [0.25, 0.3) is 0 Å². The Morgan fingerprint density at radius 1 is 0.559 bits per heavy atom. The Labute approximate surface area is 181 Å². The Hall–Kier alpha value is -1.08. The van der Waals surface area contributed by atoms with Gasteiger partial charge in [0.25, 0.3) is 0 Å². The molecule has 34 heavy (non-hydrogen) atoms. The molecule has 6 unspecified atom stereocenters. The molecule has 2 heterocycles. The number of aliphatic hydroxyl groups excluding tert-OH is 2. The number of rotatable bonds is 4. The molecule has 4 rings (SSSR count). The van der Waals surface area contributed by atoms with E-state index in [4.69, 9.17) is 10.2 Å². The molecule has 200 valence electrons. The van der Waals surface area contributed by atoms with E-state index in [0.717, 1.165) is 14.2 Å². The van der Waals surface area contributed by atoms with Crippen molar-refractivity contribution in [3.63, 3.8) is 0 Å². The Bertz CT molecular complexity index is 758. The number of halogens is 12. The third-order valence-electron chi connectivity index (χ3n) is 6.61. The molecule has 2 aliphatic carbocycles. The zero-order valence-corrected chi connectivity index (χ0v) is 16.8. The molecule has 4 aliphatic rings. The summed E-state index contributed by atoms with van der Waals surface area (Å²) in [6.07, 6.45) is -3.78. The number of fused-ring (bicyclic) bond motifs is 2. The van der Waals surface area contributed by atoms with Gasteiger partial charge in [-0.15, -0.1) is 0 Å². The van der Waals surface area contributed by atoms with Gasteiger partial charge >= 0.3 is 35.5 Å². The lowest BCUT2D eigenvalue weighted by Gasteiger charge is -2.50. The standard InChI is InChI=1S/2C8H8F6O3/c2*1-16-4-3-5(2-15,17-4)7(11,12)8(13,14)6(3,9)10/h2*3-4,15H,2H2,1H3. The van der Waals surface area contributed by atoms with Gasteiger partial charge in [0.15, 0.2) is 23.8 Å². The largest absolute Gasteiger partial charge is 0.393 e. The van der Waals surface area contributed by atoms with Gasteiger partial charge in [-0.05, 0) is 0 Å². The molecule has 18 heteroatoms. The lowest BCUT2D eigenvalue weighted by Crippen LogP contribution is -2.69. The van der Waals surface area contributed by atoms with Crippen LogP contribution in [0.1, 0.15) is 0 Å². The fourth-order valence-corrected chi connectivity index (χ4v) is 4.64. The highest BCUT2D eigenvalue weighted by Gasteiger charge is 2.97. The van der Waals surface area contributed by atoms with Crippen LogP contribution in [0.15, 0.2) is 0 Å². The summed E-state index contributed by atoms with van der Waals surface area (Å²) < 4.78 is 176. The Kier molecular flexibility index (Phi) is 5.86. The second kappa shape index (κ2) is 7.24. The summed E-state index contributed by atoms with van der Waals surface area (Å²) in [6.45, 7) is -3.29. The highest BCUT2D eigenvalue weighted by atomic mass is 19.4. The maximum atomic E-state index is 13.3. The molecule has 0 aromatic rings. The summed E-state index contributed by atoms with van der Waals surface area (Å²) in [5.74, 6) is -36.7. The van der Waals surface area contributed by atoms with E-state index in [2.05, 4.69) is 18.9 Å². The van der Waals surface area contributed by atoms with Crippen LogP contribution in [0, 0.1) is 11.8 Å². The van der Waals surface area contributed by atoms with Gasteiger partial charge in [0.2, 0.25) is 0 Å². The number of ether oxygens (including phenoxy) is 4. The summed E-state index contributed by atoms with van der Waals surface area (Å²) in [5, 5.41) is 17.5. The Morgan fingerprint density at radius 2 is 0.824 bits per heavy atom. The first-order valence-corrected chi connectivity index (χ1v) is 9.10. The lowest BCUT2D eigenvalue weighted by atomic mass is 9.82. The molecule has 2 saturated heterocycles. The number of alkyl halides is 12. The van der Waals surface area contributed by atoms with Crippen LogP contribution in [0.5, 0.6) is 0 Å². The van der Waals surface area contributed by atoms with Crippen molar-refractivity contribution >= 4 is 0 Å². The second-order valence-electron chi connectivity index (χ2n) is 8.04. The quantitative estimate of drug-likeness (QED) is 0.543. The maximum absolute atomic E-state index is 13.3. The number of methoxy groups -OCH3 is 2. The number of hydrogen-bond acceptors (Lipinski definition) is 6. The molecule has 6 atom stereocenters. The minimum absolute atomic E-state index is 0.858. The molecular weight excluding hydrogens is 516 g/mol. The van der Waals surface area contributed by atoms with Crippen LogP contribution in [0.4, 0.5) is 52.7 Å². The number of aliphatic hydroxyl groups is 2. The average Bonchev–Trinajstić information content (AvgIpc) is 2.77. The molecule has 4 fully saturated rings.